The van der Waals surface area contributed by atoms with Gasteiger partial charge in [0.1, 0.15) is 0 Å². The lowest BCUT2D eigenvalue weighted by Crippen LogP contribution is -2.22. The van der Waals surface area contributed by atoms with Crippen LogP contribution in [0.1, 0.15) is 11.1 Å². The van der Waals surface area contributed by atoms with Crippen molar-refractivity contribution in [3.63, 3.8) is 0 Å². The van der Waals surface area contributed by atoms with E-state index >= 15 is 0 Å². The van der Waals surface area contributed by atoms with Gasteiger partial charge < -0.3 is 15.7 Å². The van der Waals surface area contributed by atoms with Crippen LogP contribution in [0.3, 0.4) is 0 Å². The van der Waals surface area contributed by atoms with Gasteiger partial charge in [0.2, 0.25) is 5.91 Å². The Morgan fingerprint density at radius 1 is 1.26 bits per heavy atom. The highest BCUT2D eigenvalue weighted by molar-refractivity contribution is 5.94. The molecule has 1 amide bonds. The molecule has 0 aromatic heterocycles. The molecule has 0 aliphatic rings. The fraction of sp³-hybridized carbons (Fsp3) is 0.188. The summed E-state index contributed by atoms with van der Waals surface area (Å²) >= 11 is 0. The number of nitro groups is 1. The summed E-state index contributed by atoms with van der Waals surface area (Å²) in [6.45, 7) is 1.68. The van der Waals surface area contributed by atoms with Crippen molar-refractivity contribution in [3.05, 3.63) is 63.7 Å². The number of carbonyl (C=O) groups excluding carboxylic acids is 1. The molecule has 2 aromatic rings. The molecule has 0 saturated heterocycles. The van der Waals surface area contributed by atoms with Gasteiger partial charge in [-0.15, -0.1) is 0 Å². The first-order valence-electron chi connectivity index (χ1n) is 6.98. The number of hydrogen-bond acceptors (Lipinski definition) is 5. The predicted octanol–water partition coefficient (Wildman–Crippen LogP) is 2.45. The summed E-state index contributed by atoms with van der Waals surface area (Å²) in [5.74, 6) is -0.267. The molecule has 2 aromatic carbocycles. The van der Waals surface area contributed by atoms with Crippen molar-refractivity contribution in [1.82, 2.24) is 0 Å². The number of non-ortho nitro benzene ring substituents is 1. The van der Waals surface area contributed by atoms with Crippen molar-refractivity contribution >= 4 is 23.0 Å². The Hall–Kier alpha value is -2.93. The molecule has 0 radical (unpaired) electrons. The van der Waals surface area contributed by atoms with Gasteiger partial charge in [-0.05, 0) is 36.2 Å². The quantitative estimate of drug-likeness (QED) is 0.561. The first kappa shape index (κ1) is 16.4. The lowest BCUT2D eigenvalue weighted by molar-refractivity contribution is -0.384. The number of amides is 1. The molecule has 0 bridgehead atoms. The van der Waals surface area contributed by atoms with E-state index in [1.54, 1.807) is 31.2 Å². The summed E-state index contributed by atoms with van der Waals surface area (Å²) < 4.78 is 0. The van der Waals surface area contributed by atoms with Gasteiger partial charge in [-0.3, -0.25) is 14.9 Å². The third-order valence-corrected chi connectivity index (χ3v) is 3.26. The van der Waals surface area contributed by atoms with Crippen molar-refractivity contribution < 1.29 is 14.8 Å². The first-order valence-corrected chi connectivity index (χ1v) is 6.98. The number of benzene rings is 2. The summed E-state index contributed by atoms with van der Waals surface area (Å²) in [4.78, 5) is 22.2. The van der Waals surface area contributed by atoms with Crippen LogP contribution in [0.2, 0.25) is 0 Å². The zero-order valence-electron chi connectivity index (χ0n) is 12.6. The molecule has 7 heteroatoms. The predicted molar refractivity (Wildman–Crippen MR) is 87.3 cm³/mol. The minimum Gasteiger partial charge on any atom is -0.392 e. The average molecular weight is 315 g/mol. The highest BCUT2D eigenvalue weighted by Gasteiger charge is 2.10. The average Bonchev–Trinajstić information content (AvgIpc) is 2.55. The Morgan fingerprint density at radius 3 is 2.70 bits per heavy atom. The molecule has 0 aliphatic heterocycles. The molecule has 0 unspecified atom stereocenters. The number of nitro benzene ring substituents is 1. The Morgan fingerprint density at radius 2 is 2.04 bits per heavy atom. The summed E-state index contributed by atoms with van der Waals surface area (Å²) in [7, 11) is 0. The third-order valence-electron chi connectivity index (χ3n) is 3.26. The summed E-state index contributed by atoms with van der Waals surface area (Å²) in [5.41, 5.74) is 2.62. The maximum absolute atomic E-state index is 12.0. The van der Waals surface area contributed by atoms with Crippen molar-refractivity contribution in [2.24, 2.45) is 0 Å². The van der Waals surface area contributed by atoms with Crippen LogP contribution >= 0.6 is 0 Å². The van der Waals surface area contributed by atoms with E-state index in [9.17, 15) is 14.9 Å². The molecule has 0 spiro atoms. The number of carbonyl (C=O) groups is 1. The molecule has 120 valence electrons. The van der Waals surface area contributed by atoms with E-state index in [4.69, 9.17) is 5.11 Å². The van der Waals surface area contributed by atoms with E-state index in [-0.39, 0.29) is 24.7 Å². The molecular formula is C16H17N3O4. The number of anilines is 2. The molecule has 2 rings (SSSR count). The minimum absolute atomic E-state index is 0.0144. The molecule has 3 N–H and O–H groups in total. The van der Waals surface area contributed by atoms with Gasteiger partial charge >= 0.3 is 0 Å². The van der Waals surface area contributed by atoms with Crippen LogP contribution in [0.25, 0.3) is 0 Å². The second kappa shape index (κ2) is 7.37. The molecule has 0 fully saturated rings. The lowest BCUT2D eigenvalue weighted by Gasteiger charge is -2.10. The van der Waals surface area contributed by atoms with Gasteiger partial charge in [0.05, 0.1) is 18.1 Å². The van der Waals surface area contributed by atoms with Gasteiger partial charge in [0, 0.05) is 23.5 Å². The number of aliphatic hydroxyl groups excluding tert-OH is 1. The highest BCUT2D eigenvalue weighted by Crippen LogP contribution is 2.21. The fourth-order valence-corrected chi connectivity index (χ4v) is 2.06. The van der Waals surface area contributed by atoms with Crippen LogP contribution in [0.5, 0.6) is 0 Å². The molecular weight excluding hydrogens is 298 g/mol. The first-order chi connectivity index (χ1) is 11.0. The summed E-state index contributed by atoms with van der Waals surface area (Å²) in [5, 5.41) is 25.4. The van der Waals surface area contributed by atoms with Crippen molar-refractivity contribution in [3.8, 4) is 0 Å². The number of nitrogens with one attached hydrogen (secondary N) is 2. The van der Waals surface area contributed by atoms with Gasteiger partial charge in [-0.2, -0.15) is 0 Å². The number of aryl methyl sites for hydroxylation is 1. The van der Waals surface area contributed by atoms with Crippen LogP contribution in [0, 0.1) is 17.0 Å². The van der Waals surface area contributed by atoms with E-state index < -0.39 is 4.92 Å². The molecule has 23 heavy (non-hydrogen) atoms. The van der Waals surface area contributed by atoms with E-state index in [0.29, 0.717) is 11.3 Å². The van der Waals surface area contributed by atoms with Crippen LogP contribution < -0.4 is 10.6 Å². The SMILES string of the molecule is Cc1cc([N+](=O)[O-])ccc1NC(=O)CNc1cccc(CO)c1. The van der Waals surface area contributed by atoms with Crippen molar-refractivity contribution in [1.29, 1.82) is 0 Å². The monoisotopic (exact) mass is 315 g/mol. The van der Waals surface area contributed by atoms with Gasteiger partial charge in [0.25, 0.3) is 5.69 Å². The summed E-state index contributed by atoms with van der Waals surface area (Å²) in [6, 6.07) is 11.4. The Labute approximate surface area is 133 Å². The van der Waals surface area contributed by atoms with Gasteiger partial charge in [-0.1, -0.05) is 12.1 Å². The second-order valence-corrected chi connectivity index (χ2v) is 5.02. The van der Waals surface area contributed by atoms with Gasteiger partial charge in [-0.25, -0.2) is 0 Å². The fourth-order valence-electron chi connectivity index (χ4n) is 2.06. The maximum atomic E-state index is 12.0. The largest absolute Gasteiger partial charge is 0.392 e. The number of hydrogen-bond donors (Lipinski definition) is 3. The lowest BCUT2D eigenvalue weighted by atomic mass is 10.2. The topological polar surface area (TPSA) is 105 Å². The van der Waals surface area contributed by atoms with E-state index in [2.05, 4.69) is 10.6 Å². The van der Waals surface area contributed by atoms with Crippen LogP contribution in [0.15, 0.2) is 42.5 Å². The minimum atomic E-state index is -0.478. The maximum Gasteiger partial charge on any atom is 0.269 e. The van der Waals surface area contributed by atoms with Crippen molar-refractivity contribution in [2.75, 3.05) is 17.2 Å². The number of rotatable bonds is 6. The number of nitrogens with zero attached hydrogens (tertiary/aromatic N) is 1. The van der Waals surface area contributed by atoms with Crippen LogP contribution in [-0.2, 0) is 11.4 Å². The zero-order chi connectivity index (χ0) is 16.8. The Balaban J connectivity index is 1.95. The molecule has 0 atom stereocenters. The zero-order valence-corrected chi connectivity index (χ0v) is 12.6. The highest BCUT2D eigenvalue weighted by atomic mass is 16.6. The van der Waals surface area contributed by atoms with Crippen LogP contribution in [0.4, 0.5) is 17.1 Å². The van der Waals surface area contributed by atoms with Crippen molar-refractivity contribution in [2.45, 2.75) is 13.5 Å². The third kappa shape index (κ3) is 4.52. The molecule has 0 heterocycles. The summed E-state index contributed by atoms with van der Waals surface area (Å²) in [6.07, 6.45) is 0. The Kier molecular flexibility index (Phi) is 5.27. The van der Waals surface area contributed by atoms with E-state index in [0.717, 1.165) is 11.3 Å². The molecule has 0 aliphatic carbocycles. The standard InChI is InChI=1S/C16H17N3O4/c1-11-7-14(19(22)23)5-6-15(11)18-16(21)9-17-13-4-2-3-12(8-13)10-20/h2-8,17,20H,9-10H2,1H3,(H,18,21). The second-order valence-electron chi connectivity index (χ2n) is 5.02. The van der Waals surface area contributed by atoms with Crippen LogP contribution in [-0.4, -0.2) is 22.5 Å². The smallest absolute Gasteiger partial charge is 0.269 e. The van der Waals surface area contributed by atoms with Gasteiger partial charge in [0.15, 0.2) is 0 Å². The van der Waals surface area contributed by atoms with E-state index in [1.165, 1.54) is 18.2 Å². The Bertz CT molecular complexity index is 731. The molecule has 0 saturated carbocycles. The normalized spacial score (nSPS) is 10.2. The van der Waals surface area contributed by atoms with E-state index in [1.807, 2.05) is 0 Å². The molecule has 7 nitrogen and oxygen atoms in total. The number of aliphatic hydroxyl groups is 1.